The second-order valence-corrected chi connectivity index (χ2v) is 11.2. The van der Waals surface area contributed by atoms with Crippen LogP contribution < -0.4 is 5.46 Å². The molecule has 0 radical (unpaired) electrons. The molecule has 39 heavy (non-hydrogen) atoms. The monoisotopic (exact) mass is 512 g/mol. The van der Waals surface area contributed by atoms with Gasteiger partial charge in [0.15, 0.2) is 0 Å². The molecule has 0 unspecified atom stereocenters. The molecule has 194 valence electrons. The predicted molar refractivity (Wildman–Crippen MR) is 158 cm³/mol. The average Bonchev–Trinajstić information content (AvgIpc) is 3.53. The summed E-state index contributed by atoms with van der Waals surface area (Å²) in [7, 11) is -0.415. The molecule has 2 heterocycles. The Balaban J connectivity index is 1.48. The van der Waals surface area contributed by atoms with Crippen LogP contribution in [0.5, 0.6) is 0 Å². The normalized spacial score (nSPS) is 16.4. The largest absolute Gasteiger partial charge is 0.494 e. The van der Waals surface area contributed by atoms with Crippen LogP contribution in [0.25, 0.3) is 11.1 Å². The molecule has 1 aliphatic heterocycles. The third kappa shape index (κ3) is 4.32. The number of nitrogens with zero attached hydrogens (tertiary/aromatic N) is 2. The van der Waals surface area contributed by atoms with Crippen LogP contribution in [0.15, 0.2) is 128 Å². The highest BCUT2D eigenvalue weighted by molar-refractivity contribution is 6.62. The number of hydrogen-bond donors (Lipinski definition) is 0. The Hall–Kier alpha value is -3.93. The Morgan fingerprint density at radius 1 is 0.615 bits per heavy atom. The lowest BCUT2D eigenvalue weighted by atomic mass is 9.77. The summed E-state index contributed by atoms with van der Waals surface area (Å²) < 4.78 is 14.8. The highest BCUT2D eigenvalue weighted by atomic mass is 16.7. The van der Waals surface area contributed by atoms with Gasteiger partial charge < -0.3 is 9.31 Å². The molecule has 1 aromatic heterocycles. The van der Waals surface area contributed by atoms with Gasteiger partial charge in [-0.15, -0.1) is 0 Å². The van der Waals surface area contributed by atoms with E-state index in [-0.39, 0.29) is 11.2 Å². The van der Waals surface area contributed by atoms with E-state index >= 15 is 0 Å². The Kier molecular flexibility index (Phi) is 6.29. The molecule has 5 heteroatoms. The zero-order valence-electron chi connectivity index (χ0n) is 22.9. The fraction of sp³-hybridized carbons (Fsp3) is 0.206. The molecule has 0 bridgehead atoms. The maximum Gasteiger partial charge on any atom is 0.494 e. The van der Waals surface area contributed by atoms with Gasteiger partial charge in [0.2, 0.25) is 0 Å². The molecule has 0 saturated carbocycles. The van der Waals surface area contributed by atoms with Gasteiger partial charge in [-0.1, -0.05) is 115 Å². The topological polar surface area (TPSA) is 36.3 Å². The van der Waals surface area contributed by atoms with Gasteiger partial charge in [-0.05, 0) is 55.4 Å². The standard InChI is InChI=1S/C34H33BN2O2/c1-32(2)33(3,4)39-35(38-32)31-22-14-15-26(23-31)27-24-36-37(25-27)34(28-16-8-5-9-17-28,29-18-10-6-11-19-29)30-20-12-7-13-21-30/h5-25H,1-4H3. The zero-order chi connectivity index (χ0) is 27.1. The molecule has 0 atom stereocenters. The van der Waals surface area contributed by atoms with Crippen LogP contribution in [0.4, 0.5) is 0 Å². The zero-order valence-corrected chi connectivity index (χ0v) is 22.9. The summed E-state index contributed by atoms with van der Waals surface area (Å²) in [6.07, 6.45) is 4.10. The minimum absolute atomic E-state index is 0.390. The van der Waals surface area contributed by atoms with Crippen LogP contribution in [-0.2, 0) is 14.8 Å². The summed E-state index contributed by atoms with van der Waals surface area (Å²) in [4.78, 5) is 0. The van der Waals surface area contributed by atoms with Crippen molar-refractivity contribution in [3.8, 4) is 11.1 Å². The van der Waals surface area contributed by atoms with Gasteiger partial charge >= 0.3 is 7.12 Å². The fourth-order valence-electron chi connectivity index (χ4n) is 5.43. The fourth-order valence-corrected chi connectivity index (χ4v) is 5.43. The first-order chi connectivity index (χ1) is 18.8. The van der Waals surface area contributed by atoms with Crippen molar-refractivity contribution in [3.63, 3.8) is 0 Å². The Labute approximate surface area is 231 Å². The average molecular weight is 512 g/mol. The highest BCUT2D eigenvalue weighted by Gasteiger charge is 2.51. The van der Waals surface area contributed by atoms with E-state index in [1.165, 1.54) is 0 Å². The molecule has 1 saturated heterocycles. The molecule has 0 spiro atoms. The quantitative estimate of drug-likeness (QED) is 0.188. The maximum atomic E-state index is 6.33. The van der Waals surface area contributed by atoms with Gasteiger partial charge in [-0.25, -0.2) is 0 Å². The minimum atomic E-state index is -0.647. The molecule has 4 nitrogen and oxygen atoms in total. The van der Waals surface area contributed by atoms with Crippen molar-refractivity contribution < 1.29 is 9.31 Å². The molecule has 6 rings (SSSR count). The van der Waals surface area contributed by atoms with E-state index in [4.69, 9.17) is 14.4 Å². The number of rotatable bonds is 6. The smallest absolute Gasteiger partial charge is 0.399 e. The van der Waals surface area contributed by atoms with Crippen LogP contribution in [0.1, 0.15) is 44.4 Å². The summed E-state index contributed by atoms with van der Waals surface area (Å²) in [5.41, 5.74) is 5.09. The first-order valence-electron chi connectivity index (χ1n) is 13.5. The lowest BCUT2D eigenvalue weighted by Crippen LogP contribution is -2.41. The van der Waals surface area contributed by atoms with Crippen molar-refractivity contribution in [2.45, 2.75) is 44.4 Å². The molecule has 0 aliphatic carbocycles. The Bertz CT molecular complexity index is 1450. The third-order valence-electron chi connectivity index (χ3n) is 8.25. The third-order valence-corrected chi connectivity index (χ3v) is 8.25. The van der Waals surface area contributed by atoms with Crippen molar-refractivity contribution in [2.75, 3.05) is 0 Å². The molecule has 1 aliphatic rings. The van der Waals surface area contributed by atoms with Crippen LogP contribution in [0.2, 0.25) is 0 Å². The lowest BCUT2D eigenvalue weighted by Gasteiger charge is -2.36. The van der Waals surface area contributed by atoms with Gasteiger partial charge in [0.25, 0.3) is 0 Å². The van der Waals surface area contributed by atoms with Gasteiger partial charge in [-0.3, -0.25) is 4.68 Å². The van der Waals surface area contributed by atoms with Gasteiger partial charge in [-0.2, -0.15) is 5.10 Å². The number of hydrogen-bond acceptors (Lipinski definition) is 3. The summed E-state index contributed by atoms with van der Waals surface area (Å²) in [6.45, 7) is 8.32. The van der Waals surface area contributed by atoms with E-state index < -0.39 is 12.7 Å². The van der Waals surface area contributed by atoms with E-state index in [9.17, 15) is 0 Å². The van der Waals surface area contributed by atoms with Gasteiger partial charge in [0.1, 0.15) is 5.54 Å². The molecule has 1 fully saturated rings. The van der Waals surface area contributed by atoms with E-state index in [0.29, 0.717) is 0 Å². The van der Waals surface area contributed by atoms with Crippen LogP contribution in [-0.4, -0.2) is 28.1 Å². The van der Waals surface area contributed by atoms with Crippen molar-refractivity contribution >= 4 is 12.6 Å². The second kappa shape index (κ2) is 9.67. The van der Waals surface area contributed by atoms with Crippen LogP contribution >= 0.6 is 0 Å². The molecule has 0 N–H and O–H groups in total. The van der Waals surface area contributed by atoms with Crippen molar-refractivity contribution in [3.05, 3.63) is 144 Å². The number of benzene rings is 4. The molecular formula is C34H33BN2O2. The maximum absolute atomic E-state index is 6.33. The summed E-state index contributed by atoms with van der Waals surface area (Å²) in [5.74, 6) is 0. The highest BCUT2D eigenvalue weighted by Crippen LogP contribution is 2.41. The van der Waals surface area contributed by atoms with Crippen molar-refractivity contribution in [1.82, 2.24) is 9.78 Å². The van der Waals surface area contributed by atoms with E-state index in [1.807, 2.05) is 6.20 Å². The second-order valence-electron chi connectivity index (χ2n) is 11.2. The molecule has 0 amide bonds. The first kappa shape index (κ1) is 25.4. The Morgan fingerprint density at radius 2 is 1.10 bits per heavy atom. The van der Waals surface area contributed by atoms with Crippen LogP contribution in [0.3, 0.4) is 0 Å². The van der Waals surface area contributed by atoms with E-state index in [0.717, 1.165) is 33.3 Å². The van der Waals surface area contributed by atoms with E-state index in [2.05, 4.69) is 154 Å². The molecule has 4 aromatic carbocycles. The SMILES string of the molecule is CC1(C)OB(c2cccc(-c3cnn(C(c4ccccc4)(c4ccccc4)c4ccccc4)c3)c2)OC1(C)C. The number of aromatic nitrogens is 2. The lowest BCUT2D eigenvalue weighted by molar-refractivity contribution is 0.00578. The minimum Gasteiger partial charge on any atom is -0.399 e. The summed E-state index contributed by atoms with van der Waals surface area (Å²) in [6, 6.07) is 40.2. The predicted octanol–water partition coefficient (Wildman–Crippen LogP) is 6.69. The van der Waals surface area contributed by atoms with Crippen molar-refractivity contribution in [2.24, 2.45) is 0 Å². The van der Waals surface area contributed by atoms with E-state index in [1.54, 1.807) is 0 Å². The van der Waals surface area contributed by atoms with Gasteiger partial charge in [0, 0.05) is 11.8 Å². The molecule has 5 aromatic rings. The summed E-state index contributed by atoms with van der Waals surface area (Å²) >= 11 is 0. The van der Waals surface area contributed by atoms with Crippen molar-refractivity contribution in [1.29, 1.82) is 0 Å². The first-order valence-corrected chi connectivity index (χ1v) is 13.5. The Morgan fingerprint density at radius 3 is 1.59 bits per heavy atom. The van der Waals surface area contributed by atoms with Crippen LogP contribution in [0, 0.1) is 0 Å². The van der Waals surface area contributed by atoms with Gasteiger partial charge in [0.05, 0.1) is 17.4 Å². The summed E-state index contributed by atoms with van der Waals surface area (Å²) in [5, 5.41) is 5.02. The molecular weight excluding hydrogens is 479 g/mol.